The summed E-state index contributed by atoms with van der Waals surface area (Å²) in [5.74, 6) is 1.10. The first-order valence-electron chi connectivity index (χ1n) is 4.52. The summed E-state index contributed by atoms with van der Waals surface area (Å²) in [6.07, 6.45) is 0.958. The van der Waals surface area contributed by atoms with E-state index in [0.29, 0.717) is 12.0 Å². The molecule has 2 heteroatoms. The van der Waals surface area contributed by atoms with E-state index >= 15 is 0 Å². The number of nitrogens with one attached hydrogen (secondary N) is 1. The second kappa shape index (κ2) is 3.55. The lowest BCUT2D eigenvalue weighted by molar-refractivity contribution is 0.0895. The van der Waals surface area contributed by atoms with Gasteiger partial charge in [0.25, 0.3) is 0 Å². The molecule has 0 amide bonds. The summed E-state index contributed by atoms with van der Waals surface area (Å²) < 4.78 is 0. The summed E-state index contributed by atoms with van der Waals surface area (Å²) >= 11 is 0. The maximum Gasteiger partial charge on any atom is 0.0716 e. The van der Waals surface area contributed by atoms with Crippen molar-refractivity contribution >= 4 is 0 Å². The van der Waals surface area contributed by atoms with E-state index in [9.17, 15) is 5.11 Å². The Labute approximate surface area is 69.0 Å². The van der Waals surface area contributed by atoms with Crippen LogP contribution in [0.3, 0.4) is 0 Å². The van der Waals surface area contributed by atoms with E-state index in [2.05, 4.69) is 26.1 Å². The van der Waals surface area contributed by atoms with Crippen molar-refractivity contribution in [1.82, 2.24) is 5.32 Å². The third-order valence-corrected chi connectivity index (χ3v) is 2.48. The summed E-state index contributed by atoms with van der Waals surface area (Å²) in [4.78, 5) is 0. The van der Waals surface area contributed by atoms with Gasteiger partial charge in [-0.05, 0) is 24.8 Å². The van der Waals surface area contributed by atoms with Gasteiger partial charge in [0, 0.05) is 6.04 Å². The molecule has 2 N–H and O–H groups in total. The van der Waals surface area contributed by atoms with Gasteiger partial charge in [-0.3, -0.25) is 0 Å². The van der Waals surface area contributed by atoms with Crippen LogP contribution in [0.2, 0.25) is 0 Å². The molecule has 1 unspecified atom stereocenters. The highest BCUT2D eigenvalue weighted by Crippen LogP contribution is 2.19. The van der Waals surface area contributed by atoms with Crippen LogP contribution in [0.4, 0.5) is 0 Å². The SMILES string of the molecule is CC(C)C(O)[C@H]1C[C@H](C)CN1. The van der Waals surface area contributed by atoms with E-state index in [4.69, 9.17) is 0 Å². The van der Waals surface area contributed by atoms with Crippen molar-refractivity contribution in [2.45, 2.75) is 39.3 Å². The standard InChI is InChI=1S/C9H19NO/c1-6(2)9(11)8-4-7(3)5-10-8/h6-11H,4-5H2,1-3H3/t7-,8+,9?/m0/s1. The summed E-state index contributed by atoms with van der Waals surface area (Å²) in [5, 5.41) is 13.0. The molecule has 66 valence electrons. The molecule has 1 saturated heterocycles. The summed E-state index contributed by atoms with van der Waals surface area (Å²) in [6, 6.07) is 0.338. The summed E-state index contributed by atoms with van der Waals surface area (Å²) in [6.45, 7) is 7.42. The first kappa shape index (κ1) is 9.01. The lowest BCUT2D eigenvalue weighted by Crippen LogP contribution is -2.37. The predicted octanol–water partition coefficient (Wildman–Crippen LogP) is 1.00. The fourth-order valence-corrected chi connectivity index (χ4v) is 1.68. The van der Waals surface area contributed by atoms with Crippen LogP contribution in [0.25, 0.3) is 0 Å². The molecule has 1 rings (SSSR count). The van der Waals surface area contributed by atoms with E-state index in [1.54, 1.807) is 0 Å². The molecule has 0 bridgehead atoms. The monoisotopic (exact) mass is 157 g/mol. The zero-order valence-electron chi connectivity index (χ0n) is 7.67. The number of rotatable bonds is 2. The van der Waals surface area contributed by atoms with Gasteiger partial charge in [-0.1, -0.05) is 20.8 Å². The number of hydrogen-bond donors (Lipinski definition) is 2. The zero-order chi connectivity index (χ0) is 8.43. The number of aliphatic hydroxyl groups is 1. The van der Waals surface area contributed by atoms with Crippen molar-refractivity contribution in [2.75, 3.05) is 6.54 Å². The van der Waals surface area contributed by atoms with Crippen LogP contribution in [-0.4, -0.2) is 23.8 Å². The van der Waals surface area contributed by atoms with Gasteiger partial charge >= 0.3 is 0 Å². The normalized spacial score (nSPS) is 34.6. The maximum absolute atomic E-state index is 9.68. The van der Waals surface area contributed by atoms with Crippen molar-refractivity contribution in [2.24, 2.45) is 11.8 Å². The molecule has 1 aliphatic rings. The fourth-order valence-electron chi connectivity index (χ4n) is 1.68. The molecule has 0 aromatic carbocycles. The van der Waals surface area contributed by atoms with E-state index in [1.807, 2.05) is 0 Å². The van der Waals surface area contributed by atoms with Gasteiger partial charge < -0.3 is 10.4 Å². The first-order chi connectivity index (χ1) is 5.11. The van der Waals surface area contributed by atoms with Crippen LogP contribution in [0, 0.1) is 11.8 Å². The second-order valence-electron chi connectivity index (χ2n) is 4.09. The van der Waals surface area contributed by atoms with Crippen LogP contribution < -0.4 is 5.32 Å². The molecule has 1 heterocycles. The lowest BCUT2D eigenvalue weighted by atomic mass is 9.96. The first-order valence-corrected chi connectivity index (χ1v) is 4.52. The zero-order valence-corrected chi connectivity index (χ0v) is 7.67. The molecule has 1 fully saturated rings. The Bertz CT molecular complexity index is 125. The third kappa shape index (κ3) is 2.17. The van der Waals surface area contributed by atoms with Crippen molar-refractivity contribution in [3.63, 3.8) is 0 Å². The van der Waals surface area contributed by atoms with E-state index < -0.39 is 0 Å². The molecule has 0 aliphatic carbocycles. The van der Waals surface area contributed by atoms with Crippen LogP contribution in [0.15, 0.2) is 0 Å². The van der Waals surface area contributed by atoms with E-state index in [1.165, 1.54) is 0 Å². The lowest BCUT2D eigenvalue weighted by Gasteiger charge is -2.21. The highest BCUT2D eigenvalue weighted by molar-refractivity contribution is 4.85. The number of hydrogen-bond acceptors (Lipinski definition) is 2. The summed E-state index contributed by atoms with van der Waals surface area (Å²) in [7, 11) is 0. The van der Waals surface area contributed by atoms with E-state index in [-0.39, 0.29) is 6.10 Å². The molecule has 0 radical (unpaired) electrons. The van der Waals surface area contributed by atoms with Crippen LogP contribution >= 0.6 is 0 Å². The Kier molecular flexibility index (Phi) is 2.90. The van der Waals surface area contributed by atoms with Gasteiger partial charge in [0.1, 0.15) is 0 Å². The van der Waals surface area contributed by atoms with Crippen LogP contribution in [-0.2, 0) is 0 Å². The highest BCUT2D eigenvalue weighted by atomic mass is 16.3. The topological polar surface area (TPSA) is 32.3 Å². The van der Waals surface area contributed by atoms with Gasteiger partial charge in [-0.25, -0.2) is 0 Å². The van der Waals surface area contributed by atoms with Crippen molar-refractivity contribution < 1.29 is 5.11 Å². The minimum absolute atomic E-state index is 0.167. The Morgan fingerprint density at radius 3 is 2.45 bits per heavy atom. The largest absolute Gasteiger partial charge is 0.391 e. The molecule has 2 nitrogen and oxygen atoms in total. The molecule has 1 aliphatic heterocycles. The quantitative estimate of drug-likeness (QED) is 0.627. The van der Waals surface area contributed by atoms with E-state index in [0.717, 1.165) is 18.9 Å². The minimum Gasteiger partial charge on any atom is -0.391 e. The molecule has 0 aromatic rings. The Morgan fingerprint density at radius 1 is 1.45 bits per heavy atom. The maximum atomic E-state index is 9.68. The second-order valence-corrected chi connectivity index (χ2v) is 4.09. The molecule has 0 spiro atoms. The van der Waals surface area contributed by atoms with Gasteiger partial charge in [-0.15, -0.1) is 0 Å². The summed E-state index contributed by atoms with van der Waals surface area (Å²) in [5.41, 5.74) is 0. The van der Waals surface area contributed by atoms with Crippen molar-refractivity contribution in [1.29, 1.82) is 0 Å². The smallest absolute Gasteiger partial charge is 0.0716 e. The van der Waals surface area contributed by atoms with Crippen LogP contribution in [0.1, 0.15) is 27.2 Å². The van der Waals surface area contributed by atoms with Crippen LogP contribution in [0.5, 0.6) is 0 Å². The molecular weight excluding hydrogens is 138 g/mol. The molecule has 0 saturated carbocycles. The molecule has 11 heavy (non-hydrogen) atoms. The predicted molar refractivity (Wildman–Crippen MR) is 46.4 cm³/mol. The van der Waals surface area contributed by atoms with Gasteiger partial charge in [0.2, 0.25) is 0 Å². The van der Waals surface area contributed by atoms with Crippen molar-refractivity contribution in [3.8, 4) is 0 Å². The van der Waals surface area contributed by atoms with Crippen molar-refractivity contribution in [3.05, 3.63) is 0 Å². The number of aliphatic hydroxyl groups excluding tert-OH is 1. The Hall–Kier alpha value is -0.0800. The molecular formula is C9H19NO. The van der Waals surface area contributed by atoms with Gasteiger partial charge in [0.15, 0.2) is 0 Å². The molecule has 0 aromatic heterocycles. The average molecular weight is 157 g/mol. The highest BCUT2D eigenvalue weighted by Gasteiger charge is 2.28. The van der Waals surface area contributed by atoms with Gasteiger partial charge in [-0.2, -0.15) is 0 Å². The minimum atomic E-state index is -0.167. The Balaban J connectivity index is 2.36. The Morgan fingerprint density at radius 2 is 2.09 bits per heavy atom. The van der Waals surface area contributed by atoms with Gasteiger partial charge in [0.05, 0.1) is 6.10 Å². The molecule has 3 atom stereocenters. The fraction of sp³-hybridized carbons (Fsp3) is 1.00. The average Bonchev–Trinajstić information content (AvgIpc) is 2.34. The third-order valence-electron chi connectivity index (χ3n) is 2.48.